The summed E-state index contributed by atoms with van der Waals surface area (Å²) in [7, 11) is 2.14. The summed E-state index contributed by atoms with van der Waals surface area (Å²) in [6.07, 6.45) is 1.72. The Balaban J connectivity index is 2.03. The van der Waals surface area contributed by atoms with Gasteiger partial charge in [0.25, 0.3) is 0 Å². The lowest BCUT2D eigenvalue weighted by atomic mass is 10.2. The van der Waals surface area contributed by atoms with E-state index in [-0.39, 0.29) is 0 Å². The van der Waals surface area contributed by atoms with Crippen molar-refractivity contribution in [2.45, 2.75) is 5.25 Å². The van der Waals surface area contributed by atoms with Gasteiger partial charge in [0.1, 0.15) is 5.15 Å². The highest BCUT2D eigenvalue weighted by Crippen LogP contribution is 2.33. The summed E-state index contributed by atoms with van der Waals surface area (Å²) in [5, 5.41) is 5.17. The van der Waals surface area contributed by atoms with Crippen molar-refractivity contribution >= 4 is 52.9 Å². The first-order valence-electron chi connectivity index (χ1n) is 5.65. The largest absolute Gasteiger partial charge is 0.347 e. The molecule has 0 spiro atoms. The molecule has 3 rings (SSSR count). The minimum Gasteiger partial charge on any atom is -0.347 e. The molecule has 1 fully saturated rings. The smallest absolute Gasteiger partial charge is 0.185 e. The van der Waals surface area contributed by atoms with Gasteiger partial charge < -0.3 is 4.81 Å². The van der Waals surface area contributed by atoms with E-state index < -0.39 is 0 Å². The van der Waals surface area contributed by atoms with E-state index in [4.69, 9.17) is 11.6 Å². The van der Waals surface area contributed by atoms with E-state index in [0.29, 0.717) is 10.4 Å². The van der Waals surface area contributed by atoms with Crippen LogP contribution in [-0.4, -0.2) is 46.2 Å². The van der Waals surface area contributed by atoms with Crippen LogP contribution < -0.4 is 0 Å². The third kappa shape index (κ3) is 2.29. The second kappa shape index (κ2) is 5.04. The lowest BCUT2D eigenvalue weighted by Gasteiger charge is -2.29. The second-order valence-electron chi connectivity index (χ2n) is 4.35. The summed E-state index contributed by atoms with van der Waals surface area (Å²) in [5.41, 5.74) is 1.82. The number of hydrogen-bond donors (Lipinski definition) is 0. The highest BCUT2D eigenvalue weighted by molar-refractivity contribution is 9.10. The maximum Gasteiger partial charge on any atom is 0.185 e. The fourth-order valence-electron chi connectivity index (χ4n) is 2.04. The minimum atomic E-state index is 0.382. The van der Waals surface area contributed by atoms with Crippen LogP contribution in [0.25, 0.3) is 5.65 Å². The molecule has 1 atom stereocenters. The molecule has 3 heterocycles. The molecule has 0 aliphatic carbocycles. The Morgan fingerprint density at radius 1 is 1.56 bits per heavy atom. The maximum atomic E-state index is 6.25. The predicted octanol–water partition coefficient (Wildman–Crippen LogP) is 1.78. The maximum absolute atomic E-state index is 6.25. The third-order valence-corrected chi connectivity index (χ3v) is 5.04. The third-order valence-electron chi connectivity index (χ3n) is 3.00. The molecule has 0 aromatic carbocycles. The van der Waals surface area contributed by atoms with E-state index >= 15 is 0 Å². The zero-order valence-electron chi connectivity index (χ0n) is 9.81. The summed E-state index contributed by atoms with van der Waals surface area (Å²) in [4.78, 5) is 7.00. The zero-order valence-corrected chi connectivity index (χ0v) is 13.0. The number of thioether (sulfide) groups is 1. The van der Waals surface area contributed by atoms with E-state index in [2.05, 4.69) is 38.8 Å². The molecule has 1 saturated heterocycles. The van der Waals surface area contributed by atoms with Crippen LogP contribution in [0.3, 0.4) is 0 Å². The Labute approximate surface area is 124 Å². The Morgan fingerprint density at radius 2 is 2.39 bits per heavy atom. The van der Waals surface area contributed by atoms with Crippen molar-refractivity contribution in [2.24, 2.45) is 0 Å². The quantitative estimate of drug-likeness (QED) is 0.583. The van der Waals surface area contributed by atoms with Crippen molar-refractivity contribution in [1.29, 1.82) is 0 Å². The van der Waals surface area contributed by atoms with Crippen molar-refractivity contribution in [3.63, 3.8) is 0 Å². The van der Waals surface area contributed by atoms with Gasteiger partial charge in [-0.15, -0.1) is 11.8 Å². The molecule has 0 N–H and O–H groups in total. The normalized spacial score (nSPS) is 21.6. The van der Waals surface area contributed by atoms with Crippen molar-refractivity contribution < 1.29 is 0 Å². The van der Waals surface area contributed by atoms with Crippen molar-refractivity contribution in [1.82, 2.24) is 19.4 Å². The molecule has 2 aromatic heterocycles. The molecule has 4 nitrogen and oxygen atoms in total. The van der Waals surface area contributed by atoms with Crippen LogP contribution in [0.1, 0.15) is 10.9 Å². The van der Waals surface area contributed by atoms with Gasteiger partial charge in [0.05, 0.1) is 21.6 Å². The van der Waals surface area contributed by atoms with Gasteiger partial charge in [-0.2, -0.15) is 5.10 Å². The Bertz CT molecular complexity index is 593. The van der Waals surface area contributed by atoms with Crippen molar-refractivity contribution in [3.8, 4) is 0 Å². The van der Waals surface area contributed by atoms with Gasteiger partial charge in [0.2, 0.25) is 0 Å². The van der Waals surface area contributed by atoms with Crippen LogP contribution in [0, 0.1) is 0 Å². The van der Waals surface area contributed by atoms with E-state index in [1.54, 1.807) is 10.7 Å². The topological polar surface area (TPSA) is 33.4 Å². The highest BCUT2D eigenvalue weighted by Gasteiger charge is 2.22. The summed E-state index contributed by atoms with van der Waals surface area (Å²) < 4.78 is 2.52. The number of hydrogen-bond acceptors (Lipinski definition) is 4. The van der Waals surface area contributed by atoms with Gasteiger partial charge in [-0.1, -0.05) is 11.6 Å². The van der Waals surface area contributed by atoms with Gasteiger partial charge in [-0.25, -0.2) is 9.50 Å². The van der Waals surface area contributed by atoms with Crippen LogP contribution in [0.2, 0.25) is 5.15 Å². The molecule has 0 amide bonds. The van der Waals surface area contributed by atoms with Crippen LogP contribution >= 0.6 is 39.3 Å². The number of fused-ring (bicyclic) bond motifs is 1. The molecule has 18 heavy (non-hydrogen) atoms. The molecule has 8 heteroatoms. The van der Waals surface area contributed by atoms with Crippen LogP contribution in [0.5, 0.6) is 0 Å². The van der Waals surface area contributed by atoms with Gasteiger partial charge in [0.15, 0.2) is 13.6 Å². The summed E-state index contributed by atoms with van der Waals surface area (Å²) >= 11 is 11.6. The first-order valence-corrected chi connectivity index (χ1v) is 7.87. The number of rotatable bonds is 1. The van der Waals surface area contributed by atoms with E-state index in [1.165, 1.54) is 0 Å². The van der Waals surface area contributed by atoms with E-state index in [9.17, 15) is 0 Å². The lowest BCUT2D eigenvalue weighted by molar-refractivity contribution is 0.464. The van der Waals surface area contributed by atoms with Gasteiger partial charge in [-0.3, -0.25) is 0 Å². The molecular weight excluding hydrogens is 334 g/mol. The molecule has 0 radical (unpaired) electrons. The van der Waals surface area contributed by atoms with E-state index in [1.807, 2.05) is 17.8 Å². The first-order chi connectivity index (χ1) is 8.65. The molecule has 94 valence electrons. The molecule has 1 unspecified atom stereocenters. The number of nitrogens with zero attached hydrogens (tertiary/aromatic N) is 4. The van der Waals surface area contributed by atoms with E-state index in [0.717, 1.165) is 34.7 Å². The Hall–Kier alpha value is -0.235. The fraction of sp³-hybridized carbons (Fsp3) is 0.400. The van der Waals surface area contributed by atoms with Gasteiger partial charge in [0, 0.05) is 12.3 Å². The lowest BCUT2D eigenvalue weighted by Crippen LogP contribution is -2.32. The monoisotopic (exact) mass is 344 g/mol. The molecule has 1 aliphatic heterocycles. The van der Waals surface area contributed by atoms with Crippen LogP contribution in [0.15, 0.2) is 16.7 Å². The molecule has 2 aromatic rings. The molecule has 0 bridgehead atoms. The standard InChI is InChI=1S/C10H11BBrClN4S/c11-16-1-2-18-8(5-16)7-3-9(13)17-10(15-7)6(12)4-14-17/h3-4,8H,1-2,5,11H2. The zero-order chi connectivity index (χ0) is 12.7. The van der Waals surface area contributed by atoms with Gasteiger partial charge >= 0.3 is 0 Å². The number of halogens is 2. The number of aromatic nitrogens is 3. The van der Waals surface area contributed by atoms with Gasteiger partial charge in [-0.05, 0) is 28.5 Å². The van der Waals surface area contributed by atoms with Crippen LogP contribution in [-0.2, 0) is 0 Å². The molecule has 1 aliphatic rings. The Kier molecular flexibility index (Phi) is 3.58. The van der Waals surface area contributed by atoms with Crippen molar-refractivity contribution in [3.05, 3.63) is 27.6 Å². The average molecular weight is 345 g/mol. The first kappa shape index (κ1) is 12.8. The second-order valence-corrected chi connectivity index (χ2v) is 6.91. The Morgan fingerprint density at radius 3 is 3.17 bits per heavy atom. The average Bonchev–Trinajstić information content (AvgIpc) is 2.72. The SMILES string of the molecule is BN1CCSC(c2cc(Cl)n3ncc(Br)c3n2)C1. The molecule has 0 saturated carbocycles. The van der Waals surface area contributed by atoms with Crippen LogP contribution in [0.4, 0.5) is 0 Å². The predicted molar refractivity (Wildman–Crippen MR) is 81.0 cm³/mol. The summed E-state index contributed by atoms with van der Waals surface area (Å²) in [6.45, 7) is 2.14. The minimum absolute atomic E-state index is 0.382. The summed E-state index contributed by atoms with van der Waals surface area (Å²) in [6, 6.07) is 1.92. The summed E-state index contributed by atoms with van der Waals surface area (Å²) in [5.74, 6) is 1.13. The van der Waals surface area contributed by atoms with Crippen molar-refractivity contribution in [2.75, 3.05) is 18.8 Å². The molecular formula is C10H11BBrClN4S. The fourth-order valence-corrected chi connectivity index (χ4v) is 3.98. The highest BCUT2D eigenvalue weighted by atomic mass is 79.9.